The van der Waals surface area contributed by atoms with Crippen LogP contribution in [0.1, 0.15) is 35.5 Å². The largest absolute Gasteiger partial charge is 0.507 e. The van der Waals surface area contributed by atoms with Crippen LogP contribution in [0.4, 0.5) is 0 Å². The average molecular weight is 466 g/mol. The molecule has 180 valence electrons. The number of hydrogen-bond donors (Lipinski definition) is 2. The highest BCUT2D eigenvalue weighted by Gasteiger charge is 2.22. The maximum Gasteiger partial charge on any atom is 0.274 e. The van der Waals surface area contributed by atoms with Crippen LogP contribution < -0.4 is 10.1 Å². The Morgan fingerprint density at radius 1 is 1.15 bits per heavy atom. The van der Waals surface area contributed by atoms with Gasteiger partial charge in [-0.25, -0.2) is 0 Å². The van der Waals surface area contributed by atoms with Gasteiger partial charge in [-0.3, -0.25) is 9.69 Å². The molecule has 1 saturated heterocycles. The molecule has 0 radical (unpaired) electrons. The Balaban J connectivity index is 1.85. The first kappa shape index (κ1) is 23.8. The number of aryl methyl sites for hydroxylation is 1. The fourth-order valence-electron chi connectivity index (χ4n) is 4.33. The van der Waals surface area contributed by atoms with Crippen LogP contribution in [-0.2, 0) is 17.7 Å². The van der Waals surface area contributed by atoms with Crippen molar-refractivity contribution in [2.45, 2.75) is 26.8 Å². The van der Waals surface area contributed by atoms with E-state index in [4.69, 9.17) is 14.0 Å². The van der Waals surface area contributed by atoms with E-state index in [0.717, 1.165) is 53.9 Å². The molecule has 2 aromatic carbocycles. The third-order valence-electron chi connectivity index (χ3n) is 6.10. The zero-order valence-corrected chi connectivity index (χ0v) is 19.9. The first-order chi connectivity index (χ1) is 16.5. The van der Waals surface area contributed by atoms with E-state index >= 15 is 0 Å². The van der Waals surface area contributed by atoms with Gasteiger partial charge in [0.15, 0.2) is 5.69 Å². The number of aromatic hydroxyl groups is 1. The van der Waals surface area contributed by atoms with Crippen molar-refractivity contribution >= 4 is 5.91 Å². The van der Waals surface area contributed by atoms with E-state index in [2.05, 4.69) is 28.4 Å². The predicted molar refractivity (Wildman–Crippen MR) is 129 cm³/mol. The van der Waals surface area contributed by atoms with Gasteiger partial charge in [-0.2, -0.15) is 0 Å². The van der Waals surface area contributed by atoms with Gasteiger partial charge in [0.1, 0.15) is 17.8 Å². The van der Waals surface area contributed by atoms with Crippen LogP contribution in [-0.4, -0.2) is 61.0 Å². The van der Waals surface area contributed by atoms with Crippen LogP contribution in [0, 0.1) is 0 Å². The standard InChI is InChI=1S/C26H31N3O5/c1-4-17-12-20(32-3)14-23(30)24(17)21-13-18(22-16-34-28-25(22)26(31)27-5-2)6-7-19(21)15-29-8-10-33-11-9-29/h6-7,12-14,16,30H,4-5,8-11,15H2,1-3H3,(H,27,31). The summed E-state index contributed by atoms with van der Waals surface area (Å²) in [4.78, 5) is 14.8. The van der Waals surface area contributed by atoms with Crippen molar-refractivity contribution in [1.29, 1.82) is 0 Å². The van der Waals surface area contributed by atoms with Gasteiger partial charge in [-0.05, 0) is 47.7 Å². The third-order valence-corrected chi connectivity index (χ3v) is 6.10. The molecule has 0 aliphatic carbocycles. The molecule has 4 rings (SSSR count). The minimum Gasteiger partial charge on any atom is -0.507 e. The number of phenolic OH excluding ortho intramolecular Hbond substituents is 1. The highest BCUT2D eigenvalue weighted by molar-refractivity contribution is 5.99. The van der Waals surface area contributed by atoms with Crippen LogP contribution in [0.5, 0.6) is 11.5 Å². The van der Waals surface area contributed by atoms with E-state index in [-0.39, 0.29) is 17.4 Å². The molecule has 1 fully saturated rings. The summed E-state index contributed by atoms with van der Waals surface area (Å²) in [5, 5.41) is 17.7. The number of phenols is 1. The molecule has 1 aromatic heterocycles. The number of amides is 1. The lowest BCUT2D eigenvalue weighted by molar-refractivity contribution is 0.0342. The van der Waals surface area contributed by atoms with Crippen molar-refractivity contribution in [3.8, 4) is 33.8 Å². The van der Waals surface area contributed by atoms with E-state index in [9.17, 15) is 9.90 Å². The number of methoxy groups -OCH3 is 1. The van der Waals surface area contributed by atoms with Crippen molar-refractivity contribution in [2.24, 2.45) is 0 Å². The second kappa shape index (κ2) is 10.7. The van der Waals surface area contributed by atoms with Crippen molar-refractivity contribution in [3.63, 3.8) is 0 Å². The molecule has 8 heteroatoms. The van der Waals surface area contributed by atoms with E-state index in [1.165, 1.54) is 6.26 Å². The van der Waals surface area contributed by atoms with Crippen molar-refractivity contribution in [3.05, 3.63) is 53.4 Å². The first-order valence-corrected chi connectivity index (χ1v) is 11.6. The SMILES string of the molecule is CCNC(=O)c1nocc1-c1ccc(CN2CCOCC2)c(-c2c(O)cc(OC)cc2CC)c1. The molecule has 0 spiro atoms. The van der Waals surface area contributed by atoms with Gasteiger partial charge in [0.25, 0.3) is 5.91 Å². The van der Waals surface area contributed by atoms with Gasteiger partial charge in [0.05, 0.1) is 25.9 Å². The molecule has 1 aliphatic rings. The fourth-order valence-corrected chi connectivity index (χ4v) is 4.33. The molecular weight excluding hydrogens is 434 g/mol. The number of rotatable bonds is 8. The molecular formula is C26H31N3O5. The molecule has 0 bridgehead atoms. The summed E-state index contributed by atoms with van der Waals surface area (Å²) in [5.74, 6) is 0.485. The van der Waals surface area contributed by atoms with Gasteiger partial charge in [-0.1, -0.05) is 24.2 Å². The molecule has 1 aliphatic heterocycles. The highest BCUT2D eigenvalue weighted by atomic mass is 16.5. The van der Waals surface area contributed by atoms with E-state index in [1.54, 1.807) is 13.2 Å². The zero-order chi connectivity index (χ0) is 24.1. The summed E-state index contributed by atoms with van der Waals surface area (Å²) in [7, 11) is 1.59. The Hall–Kier alpha value is -3.36. The summed E-state index contributed by atoms with van der Waals surface area (Å²) in [6, 6.07) is 9.63. The Morgan fingerprint density at radius 2 is 1.94 bits per heavy atom. The Kier molecular flexibility index (Phi) is 7.49. The average Bonchev–Trinajstić information content (AvgIpc) is 3.35. The zero-order valence-electron chi connectivity index (χ0n) is 19.9. The summed E-state index contributed by atoms with van der Waals surface area (Å²) >= 11 is 0. The molecule has 8 nitrogen and oxygen atoms in total. The Morgan fingerprint density at radius 3 is 2.65 bits per heavy atom. The number of ether oxygens (including phenoxy) is 2. The van der Waals surface area contributed by atoms with Gasteiger partial charge < -0.3 is 24.4 Å². The topological polar surface area (TPSA) is 97.1 Å². The molecule has 1 amide bonds. The van der Waals surface area contributed by atoms with Crippen LogP contribution in [0.3, 0.4) is 0 Å². The van der Waals surface area contributed by atoms with Crippen LogP contribution in [0.25, 0.3) is 22.3 Å². The van der Waals surface area contributed by atoms with Crippen molar-refractivity contribution < 1.29 is 23.9 Å². The lowest BCUT2D eigenvalue weighted by atomic mass is 9.90. The quantitative estimate of drug-likeness (QED) is 0.521. The number of hydrogen-bond acceptors (Lipinski definition) is 7. The molecule has 2 heterocycles. The number of aromatic nitrogens is 1. The number of nitrogens with one attached hydrogen (secondary N) is 1. The summed E-state index contributed by atoms with van der Waals surface area (Å²) < 4.78 is 16.1. The van der Waals surface area contributed by atoms with E-state index < -0.39 is 0 Å². The van der Waals surface area contributed by atoms with Crippen molar-refractivity contribution in [1.82, 2.24) is 15.4 Å². The summed E-state index contributed by atoms with van der Waals surface area (Å²) in [6.07, 6.45) is 2.21. The molecule has 34 heavy (non-hydrogen) atoms. The maximum atomic E-state index is 12.5. The van der Waals surface area contributed by atoms with Crippen molar-refractivity contribution in [2.75, 3.05) is 40.0 Å². The van der Waals surface area contributed by atoms with Gasteiger partial charge in [0.2, 0.25) is 0 Å². The molecule has 2 N–H and O–H groups in total. The minimum atomic E-state index is -0.285. The number of nitrogens with zero attached hydrogens (tertiary/aromatic N) is 2. The number of morpholine rings is 1. The van der Waals surface area contributed by atoms with Gasteiger partial charge in [-0.15, -0.1) is 0 Å². The molecule has 0 atom stereocenters. The second-order valence-corrected chi connectivity index (χ2v) is 8.23. The first-order valence-electron chi connectivity index (χ1n) is 11.6. The van der Waals surface area contributed by atoms with E-state index in [1.807, 2.05) is 25.1 Å². The number of carbonyl (C=O) groups is 1. The molecule has 0 unspecified atom stereocenters. The summed E-state index contributed by atoms with van der Waals surface area (Å²) in [6.45, 7) is 8.24. The third kappa shape index (κ3) is 4.93. The maximum absolute atomic E-state index is 12.5. The summed E-state index contributed by atoms with van der Waals surface area (Å²) in [5.41, 5.74) is 5.37. The van der Waals surface area contributed by atoms with Gasteiger partial charge in [0, 0.05) is 37.8 Å². The number of carbonyl (C=O) groups excluding carboxylic acids is 1. The van der Waals surface area contributed by atoms with Gasteiger partial charge >= 0.3 is 0 Å². The normalized spacial score (nSPS) is 14.2. The van der Waals surface area contributed by atoms with Crippen LogP contribution >= 0.6 is 0 Å². The van der Waals surface area contributed by atoms with E-state index in [0.29, 0.717) is 31.1 Å². The minimum absolute atomic E-state index is 0.158. The predicted octanol–water partition coefficient (Wildman–Crippen LogP) is 3.87. The lowest BCUT2D eigenvalue weighted by Crippen LogP contribution is -2.35. The highest BCUT2D eigenvalue weighted by Crippen LogP contribution is 2.41. The fraction of sp³-hybridized carbons (Fsp3) is 0.385. The van der Waals surface area contributed by atoms with Crippen LogP contribution in [0.15, 0.2) is 41.1 Å². The Labute approximate surface area is 199 Å². The smallest absolute Gasteiger partial charge is 0.274 e. The van der Waals surface area contributed by atoms with Crippen LogP contribution in [0.2, 0.25) is 0 Å². The monoisotopic (exact) mass is 465 g/mol. The Bertz CT molecular complexity index is 1150. The molecule has 0 saturated carbocycles. The number of benzene rings is 2. The molecule has 3 aromatic rings. The second-order valence-electron chi connectivity index (χ2n) is 8.23. The lowest BCUT2D eigenvalue weighted by Gasteiger charge is -2.28.